The fraction of sp³-hybridized carbons (Fsp3) is 0.529. The van der Waals surface area contributed by atoms with Crippen LogP contribution in [0.5, 0.6) is 0 Å². The van der Waals surface area contributed by atoms with Crippen molar-refractivity contribution in [2.45, 2.75) is 32.7 Å². The highest BCUT2D eigenvalue weighted by Gasteiger charge is 2.07. The Labute approximate surface area is 126 Å². The van der Waals surface area contributed by atoms with Crippen molar-refractivity contribution in [2.24, 2.45) is 0 Å². The molecule has 0 atom stereocenters. The molecule has 2 nitrogen and oxygen atoms in total. The van der Waals surface area contributed by atoms with Gasteiger partial charge in [-0.2, -0.15) is 11.8 Å². The largest absolute Gasteiger partial charge is 0.347 e. The minimum Gasteiger partial charge on any atom is -0.347 e. The monoisotopic (exact) mass is 290 g/mol. The van der Waals surface area contributed by atoms with E-state index >= 15 is 0 Å². The van der Waals surface area contributed by atoms with Crippen LogP contribution in [0.1, 0.15) is 25.3 Å². The van der Waals surface area contributed by atoms with Crippen molar-refractivity contribution in [3.8, 4) is 0 Å². The van der Waals surface area contributed by atoms with Crippen molar-refractivity contribution in [2.75, 3.05) is 25.1 Å². The molecule has 0 bridgehead atoms. The van der Waals surface area contributed by atoms with Crippen LogP contribution in [0.4, 0.5) is 0 Å². The van der Waals surface area contributed by atoms with Gasteiger partial charge in [0.25, 0.3) is 0 Å². The molecule has 1 aromatic heterocycles. The van der Waals surface area contributed by atoms with Crippen molar-refractivity contribution in [1.29, 1.82) is 0 Å². The van der Waals surface area contributed by atoms with E-state index in [0.717, 1.165) is 19.5 Å². The predicted molar refractivity (Wildman–Crippen MR) is 91.8 cm³/mol. The molecule has 1 aromatic carbocycles. The first-order valence-corrected chi connectivity index (χ1v) is 8.81. The topological polar surface area (TPSA) is 17.0 Å². The molecule has 1 N–H and O–H groups in total. The van der Waals surface area contributed by atoms with Crippen LogP contribution in [0.3, 0.4) is 0 Å². The summed E-state index contributed by atoms with van der Waals surface area (Å²) in [6, 6.07) is 8.82. The molecule has 110 valence electrons. The highest BCUT2D eigenvalue weighted by molar-refractivity contribution is 7.99. The number of aromatic nitrogens is 1. The van der Waals surface area contributed by atoms with E-state index in [1.54, 1.807) is 0 Å². The van der Waals surface area contributed by atoms with Gasteiger partial charge in [0, 0.05) is 23.6 Å². The Morgan fingerprint density at radius 3 is 2.85 bits per heavy atom. The third-order valence-corrected chi connectivity index (χ3v) is 4.62. The summed E-state index contributed by atoms with van der Waals surface area (Å²) in [5.41, 5.74) is 2.90. The maximum atomic E-state index is 3.23. The lowest BCUT2D eigenvalue weighted by Gasteiger charge is -2.04. The van der Waals surface area contributed by atoms with Crippen LogP contribution in [0, 0.1) is 0 Å². The molecule has 1 heterocycles. The van der Waals surface area contributed by atoms with E-state index in [9.17, 15) is 0 Å². The lowest BCUT2D eigenvalue weighted by atomic mass is 10.1. The molecule has 0 saturated carbocycles. The summed E-state index contributed by atoms with van der Waals surface area (Å²) in [6.45, 7) is 4.46. The Morgan fingerprint density at radius 2 is 2.05 bits per heavy atom. The minimum atomic E-state index is 1.09. The molecular weight excluding hydrogens is 264 g/mol. The number of benzene rings is 1. The number of nitrogens with zero attached hydrogens (tertiary/aromatic N) is 1. The summed E-state index contributed by atoms with van der Waals surface area (Å²) in [4.78, 5) is 0. The maximum Gasteiger partial charge on any atom is 0.0483 e. The second kappa shape index (κ2) is 8.38. The highest BCUT2D eigenvalue weighted by Crippen LogP contribution is 2.23. The Morgan fingerprint density at radius 1 is 1.20 bits per heavy atom. The normalized spacial score (nSPS) is 11.3. The second-order valence-electron chi connectivity index (χ2n) is 5.12. The number of nitrogens with one attached hydrogen (secondary N) is 1. The number of thioether (sulfide) groups is 1. The van der Waals surface area contributed by atoms with Gasteiger partial charge < -0.3 is 9.88 Å². The summed E-state index contributed by atoms with van der Waals surface area (Å²) in [5.74, 6) is 2.49. The fourth-order valence-electron chi connectivity index (χ4n) is 2.64. The lowest BCUT2D eigenvalue weighted by Crippen LogP contribution is -2.08. The first kappa shape index (κ1) is 15.5. The van der Waals surface area contributed by atoms with Crippen LogP contribution in [-0.2, 0) is 13.0 Å². The number of aryl methyl sites for hydroxylation is 2. The van der Waals surface area contributed by atoms with Crippen molar-refractivity contribution in [3.63, 3.8) is 0 Å². The zero-order valence-electron chi connectivity index (χ0n) is 12.7. The SMILES string of the molecule is CCSCCCn1cc(CCCNC)c2ccccc21. The van der Waals surface area contributed by atoms with Gasteiger partial charge in [0.1, 0.15) is 0 Å². The molecule has 0 amide bonds. The van der Waals surface area contributed by atoms with Gasteiger partial charge in [-0.15, -0.1) is 0 Å². The number of hydrogen-bond donors (Lipinski definition) is 1. The van der Waals surface area contributed by atoms with Gasteiger partial charge >= 0.3 is 0 Å². The molecule has 0 unspecified atom stereocenters. The molecule has 3 heteroatoms. The van der Waals surface area contributed by atoms with Crippen LogP contribution in [0.2, 0.25) is 0 Å². The summed E-state index contributed by atoms with van der Waals surface area (Å²) >= 11 is 2.03. The molecule has 0 fully saturated rings. The Hall–Kier alpha value is -0.930. The summed E-state index contributed by atoms with van der Waals surface area (Å²) < 4.78 is 2.44. The molecule has 0 aliphatic heterocycles. The van der Waals surface area contributed by atoms with Crippen molar-refractivity contribution in [1.82, 2.24) is 9.88 Å². The van der Waals surface area contributed by atoms with E-state index in [1.807, 2.05) is 18.8 Å². The average molecular weight is 290 g/mol. The smallest absolute Gasteiger partial charge is 0.0483 e. The van der Waals surface area contributed by atoms with E-state index in [4.69, 9.17) is 0 Å². The molecule has 0 saturated heterocycles. The van der Waals surface area contributed by atoms with Crippen LogP contribution in [0.15, 0.2) is 30.5 Å². The summed E-state index contributed by atoms with van der Waals surface area (Å²) in [5, 5.41) is 4.67. The highest BCUT2D eigenvalue weighted by atomic mass is 32.2. The Bertz CT molecular complexity index is 519. The van der Waals surface area contributed by atoms with Crippen LogP contribution >= 0.6 is 11.8 Å². The van der Waals surface area contributed by atoms with E-state index in [1.165, 1.54) is 40.8 Å². The van der Waals surface area contributed by atoms with E-state index < -0.39 is 0 Å². The molecule has 0 spiro atoms. The Kier molecular flexibility index (Phi) is 6.48. The van der Waals surface area contributed by atoms with E-state index in [0.29, 0.717) is 0 Å². The average Bonchev–Trinajstić information content (AvgIpc) is 2.83. The van der Waals surface area contributed by atoms with Gasteiger partial charge in [-0.3, -0.25) is 0 Å². The van der Waals surface area contributed by atoms with Gasteiger partial charge in [0.2, 0.25) is 0 Å². The molecule has 2 rings (SSSR count). The van der Waals surface area contributed by atoms with Crippen LogP contribution in [-0.4, -0.2) is 29.7 Å². The fourth-order valence-corrected chi connectivity index (χ4v) is 3.27. The Balaban J connectivity index is 2.09. The second-order valence-corrected chi connectivity index (χ2v) is 6.52. The molecule has 2 aromatic rings. The summed E-state index contributed by atoms with van der Waals surface area (Å²) in [6.07, 6.45) is 6.00. The number of fused-ring (bicyclic) bond motifs is 1. The number of para-hydroxylation sites is 1. The van der Waals surface area contributed by atoms with Gasteiger partial charge in [-0.05, 0) is 56.0 Å². The number of rotatable bonds is 9. The van der Waals surface area contributed by atoms with Crippen molar-refractivity contribution in [3.05, 3.63) is 36.0 Å². The lowest BCUT2D eigenvalue weighted by molar-refractivity contribution is 0.697. The molecule has 0 radical (unpaired) electrons. The third kappa shape index (κ3) is 4.03. The third-order valence-electron chi connectivity index (χ3n) is 3.64. The van der Waals surface area contributed by atoms with Crippen molar-refractivity contribution >= 4 is 22.7 Å². The summed E-state index contributed by atoms with van der Waals surface area (Å²) in [7, 11) is 2.02. The van der Waals surface area contributed by atoms with E-state index in [2.05, 4.69) is 47.3 Å². The van der Waals surface area contributed by atoms with Gasteiger partial charge in [0.15, 0.2) is 0 Å². The van der Waals surface area contributed by atoms with Crippen LogP contribution < -0.4 is 5.32 Å². The minimum absolute atomic E-state index is 1.09. The van der Waals surface area contributed by atoms with Crippen LogP contribution in [0.25, 0.3) is 10.9 Å². The first-order chi connectivity index (χ1) is 9.86. The van der Waals surface area contributed by atoms with Gasteiger partial charge in [-0.25, -0.2) is 0 Å². The number of hydrogen-bond acceptors (Lipinski definition) is 2. The molecule has 0 aliphatic carbocycles. The van der Waals surface area contributed by atoms with Gasteiger partial charge in [0.05, 0.1) is 0 Å². The quantitative estimate of drug-likeness (QED) is 0.705. The standard InChI is InChI=1S/C17H26N2S/c1-3-20-13-7-12-19-14-15(8-6-11-18-2)16-9-4-5-10-17(16)19/h4-5,9-10,14,18H,3,6-8,11-13H2,1-2H3. The molecule has 20 heavy (non-hydrogen) atoms. The zero-order valence-corrected chi connectivity index (χ0v) is 13.5. The van der Waals surface area contributed by atoms with Crippen molar-refractivity contribution < 1.29 is 0 Å². The van der Waals surface area contributed by atoms with Gasteiger partial charge in [-0.1, -0.05) is 25.1 Å². The zero-order chi connectivity index (χ0) is 14.2. The molecular formula is C17H26N2S. The maximum absolute atomic E-state index is 3.23. The first-order valence-electron chi connectivity index (χ1n) is 7.66. The predicted octanol–water partition coefficient (Wildman–Crippen LogP) is 3.94. The molecule has 0 aliphatic rings. The van der Waals surface area contributed by atoms with E-state index in [-0.39, 0.29) is 0 Å².